The minimum atomic E-state index is -3.44. The van der Waals surface area contributed by atoms with Crippen molar-refractivity contribution in [2.75, 3.05) is 0 Å². The predicted molar refractivity (Wildman–Crippen MR) is 51.7 cm³/mol. The summed E-state index contributed by atoms with van der Waals surface area (Å²) in [6, 6.07) is 3.52. The first-order valence-electron chi connectivity index (χ1n) is 3.90. The van der Waals surface area contributed by atoms with Gasteiger partial charge < -0.3 is 4.52 Å². The van der Waals surface area contributed by atoms with Crippen molar-refractivity contribution in [3.8, 4) is 0 Å². The SMILES string of the molecule is O=P1(Cl)OC=C[C@@H](c2ccncc2)O1. The second-order valence-corrected chi connectivity index (χ2v) is 5.20. The number of rotatable bonds is 1. The summed E-state index contributed by atoms with van der Waals surface area (Å²) in [6.07, 6.45) is 5.74. The minimum absolute atomic E-state index is 0.435. The minimum Gasteiger partial charge on any atom is -0.422 e. The van der Waals surface area contributed by atoms with E-state index in [9.17, 15) is 4.57 Å². The first kappa shape index (κ1) is 9.71. The van der Waals surface area contributed by atoms with Crippen LogP contribution >= 0.6 is 18.2 Å². The van der Waals surface area contributed by atoms with Gasteiger partial charge in [-0.15, -0.1) is 0 Å². The van der Waals surface area contributed by atoms with Gasteiger partial charge in [0.15, 0.2) is 0 Å². The highest BCUT2D eigenvalue weighted by Crippen LogP contribution is 2.59. The number of halogens is 1. The Bertz CT molecular complexity index is 395. The maximum Gasteiger partial charge on any atom is 0.477 e. The number of nitrogens with zero attached hydrogens (tertiary/aromatic N) is 1. The van der Waals surface area contributed by atoms with E-state index in [1.165, 1.54) is 6.26 Å². The van der Waals surface area contributed by atoms with Crippen LogP contribution in [0.1, 0.15) is 11.7 Å². The smallest absolute Gasteiger partial charge is 0.422 e. The summed E-state index contributed by atoms with van der Waals surface area (Å²) in [7, 11) is 0. The van der Waals surface area contributed by atoms with E-state index in [4.69, 9.17) is 15.8 Å². The molecular weight excluding hydrogens is 225 g/mol. The maximum atomic E-state index is 11.3. The molecule has 1 aromatic rings. The average molecular weight is 232 g/mol. The van der Waals surface area contributed by atoms with Gasteiger partial charge in [-0.05, 0) is 23.8 Å². The molecule has 4 nitrogen and oxygen atoms in total. The highest BCUT2D eigenvalue weighted by molar-refractivity contribution is 7.81. The third kappa shape index (κ3) is 2.15. The molecule has 0 radical (unpaired) electrons. The van der Waals surface area contributed by atoms with Crippen molar-refractivity contribution in [2.45, 2.75) is 6.10 Å². The summed E-state index contributed by atoms with van der Waals surface area (Å²) < 4.78 is 20.9. The molecule has 0 saturated carbocycles. The van der Waals surface area contributed by atoms with Crippen LogP contribution in [0.25, 0.3) is 0 Å². The zero-order chi connectivity index (χ0) is 10.0. The maximum absolute atomic E-state index is 11.3. The lowest BCUT2D eigenvalue weighted by molar-refractivity contribution is 0.198. The Hall–Kier alpha value is -0.830. The van der Waals surface area contributed by atoms with Gasteiger partial charge in [0, 0.05) is 23.6 Å². The van der Waals surface area contributed by atoms with E-state index in [0.717, 1.165) is 5.56 Å². The molecule has 74 valence electrons. The van der Waals surface area contributed by atoms with Gasteiger partial charge in [-0.25, -0.2) is 4.57 Å². The summed E-state index contributed by atoms with van der Waals surface area (Å²) in [5.74, 6) is 0. The summed E-state index contributed by atoms with van der Waals surface area (Å²) in [4.78, 5) is 3.86. The van der Waals surface area contributed by atoms with Crippen LogP contribution in [0.3, 0.4) is 0 Å². The van der Waals surface area contributed by atoms with E-state index >= 15 is 0 Å². The lowest BCUT2D eigenvalue weighted by atomic mass is 10.1. The van der Waals surface area contributed by atoms with Gasteiger partial charge in [0.2, 0.25) is 0 Å². The molecule has 1 aliphatic heterocycles. The van der Waals surface area contributed by atoms with E-state index in [1.54, 1.807) is 30.6 Å². The molecule has 0 bridgehead atoms. The molecule has 0 amide bonds. The van der Waals surface area contributed by atoms with E-state index in [0.29, 0.717) is 0 Å². The zero-order valence-electron chi connectivity index (χ0n) is 7.04. The van der Waals surface area contributed by atoms with Crippen molar-refractivity contribution in [2.24, 2.45) is 0 Å². The fourth-order valence-corrected chi connectivity index (χ4v) is 2.22. The molecule has 1 unspecified atom stereocenters. The first-order valence-corrected chi connectivity index (χ1v) is 6.35. The molecule has 6 heteroatoms. The molecule has 1 aliphatic rings. The summed E-state index contributed by atoms with van der Waals surface area (Å²) >= 11 is 5.46. The third-order valence-electron chi connectivity index (χ3n) is 1.71. The van der Waals surface area contributed by atoms with Crippen LogP contribution in [-0.4, -0.2) is 4.98 Å². The van der Waals surface area contributed by atoms with Crippen LogP contribution in [0.5, 0.6) is 0 Å². The van der Waals surface area contributed by atoms with E-state index in [2.05, 4.69) is 9.51 Å². The fourth-order valence-electron chi connectivity index (χ4n) is 1.10. The number of hydrogen-bond acceptors (Lipinski definition) is 4. The second-order valence-electron chi connectivity index (χ2n) is 2.67. The highest BCUT2D eigenvalue weighted by atomic mass is 35.7. The number of aromatic nitrogens is 1. The highest BCUT2D eigenvalue weighted by Gasteiger charge is 2.29. The van der Waals surface area contributed by atoms with Gasteiger partial charge in [-0.2, -0.15) is 0 Å². The zero-order valence-corrected chi connectivity index (χ0v) is 8.69. The van der Waals surface area contributed by atoms with Crippen LogP contribution in [0.4, 0.5) is 0 Å². The summed E-state index contributed by atoms with van der Waals surface area (Å²) in [6.45, 7) is -3.44. The number of hydrogen-bond donors (Lipinski definition) is 0. The molecule has 0 spiro atoms. The van der Waals surface area contributed by atoms with Gasteiger partial charge >= 0.3 is 6.95 Å². The van der Waals surface area contributed by atoms with Crippen LogP contribution in [0.2, 0.25) is 0 Å². The lowest BCUT2D eigenvalue weighted by Crippen LogP contribution is -2.02. The topological polar surface area (TPSA) is 48.4 Å². The quantitative estimate of drug-likeness (QED) is 0.697. The molecule has 1 aromatic heterocycles. The van der Waals surface area contributed by atoms with E-state index in [-0.39, 0.29) is 0 Å². The predicted octanol–water partition coefficient (Wildman–Crippen LogP) is 3.03. The van der Waals surface area contributed by atoms with Gasteiger partial charge in [0.25, 0.3) is 0 Å². The monoisotopic (exact) mass is 231 g/mol. The van der Waals surface area contributed by atoms with Crippen LogP contribution in [0, 0.1) is 0 Å². The Morgan fingerprint density at radius 1 is 1.43 bits per heavy atom. The van der Waals surface area contributed by atoms with E-state index < -0.39 is 13.1 Å². The van der Waals surface area contributed by atoms with Crippen molar-refractivity contribution in [1.29, 1.82) is 0 Å². The summed E-state index contributed by atoms with van der Waals surface area (Å²) in [5.41, 5.74) is 0.834. The Kier molecular flexibility index (Phi) is 2.59. The molecule has 0 aromatic carbocycles. The Morgan fingerprint density at radius 3 is 2.79 bits per heavy atom. The Labute approximate surface area is 85.8 Å². The van der Waals surface area contributed by atoms with Crippen molar-refractivity contribution in [1.82, 2.24) is 4.98 Å². The molecule has 2 atom stereocenters. The molecule has 14 heavy (non-hydrogen) atoms. The molecule has 2 rings (SSSR count). The standard InChI is InChI=1S/C8H7ClNO3P/c9-14(11)12-6-3-8(13-14)7-1-4-10-5-2-7/h1-6,8H/t8-,14?/m0/s1. The average Bonchev–Trinajstić information content (AvgIpc) is 2.18. The largest absolute Gasteiger partial charge is 0.477 e. The van der Waals surface area contributed by atoms with Crippen molar-refractivity contribution >= 4 is 18.2 Å². The summed E-state index contributed by atoms with van der Waals surface area (Å²) in [5, 5.41) is 0. The molecule has 0 saturated heterocycles. The number of pyridine rings is 1. The lowest BCUT2D eigenvalue weighted by Gasteiger charge is -2.21. The van der Waals surface area contributed by atoms with Crippen LogP contribution in [0.15, 0.2) is 36.9 Å². The fraction of sp³-hybridized carbons (Fsp3) is 0.125. The molecule has 2 heterocycles. The third-order valence-corrected chi connectivity index (χ3v) is 3.04. The first-order chi connectivity index (χ1) is 6.67. The van der Waals surface area contributed by atoms with Gasteiger partial charge in [-0.3, -0.25) is 9.51 Å². The van der Waals surface area contributed by atoms with Crippen molar-refractivity contribution in [3.63, 3.8) is 0 Å². The van der Waals surface area contributed by atoms with Gasteiger partial charge in [0.1, 0.15) is 6.10 Å². The molecule has 0 fully saturated rings. The van der Waals surface area contributed by atoms with Crippen molar-refractivity contribution in [3.05, 3.63) is 42.4 Å². The van der Waals surface area contributed by atoms with Gasteiger partial charge in [-0.1, -0.05) is 0 Å². The normalized spacial score (nSPS) is 31.1. The molecule has 0 N–H and O–H groups in total. The van der Waals surface area contributed by atoms with E-state index in [1.807, 2.05) is 0 Å². The second kappa shape index (κ2) is 3.73. The van der Waals surface area contributed by atoms with Crippen molar-refractivity contribution < 1.29 is 13.6 Å². The van der Waals surface area contributed by atoms with Crippen LogP contribution in [-0.2, 0) is 13.6 Å². The van der Waals surface area contributed by atoms with Crippen LogP contribution < -0.4 is 0 Å². The molecule has 0 aliphatic carbocycles. The Balaban J connectivity index is 2.25. The van der Waals surface area contributed by atoms with Gasteiger partial charge in [0.05, 0.1) is 6.26 Å². The molecular formula is C8H7ClNO3P. The Morgan fingerprint density at radius 2 is 2.14 bits per heavy atom.